The van der Waals surface area contributed by atoms with Crippen molar-refractivity contribution < 1.29 is 0 Å². The van der Waals surface area contributed by atoms with Crippen LogP contribution in [0.1, 0.15) is 19.0 Å². The molecule has 0 unspecified atom stereocenters. The van der Waals surface area contributed by atoms with E-state index in [1.807, 2.05) is 48.7 Å². The first-order chi connectivity index (χ1) is 10.8. The molecule has 0 saturated carbocycles. The lowest BCUT2D eigenvalue weighted by Crippen LogP contribution is -2.15. The maximum atomic E-state index is 13.0. The van der Waals surface area contributed by atoms with E-state index in [4.69, 9.17) is 4.98 Å². The average Bonchev–Trinajstić information content (AvgIpc) is 2.55. The second-order valence-electron chi connectivity index (χ2n) is 5.56. The van der Waals surface area contributed by atoms with Crippen molar-refractivity contribution in [2.24, 2.45) is 0 Å². The molecule has 0 bridgehead atoms. The molecule has 3 heteroatoms. The van der Waals surface area contributed by atoms with E-state index in [0.717, 1.165) is 45.7 Å². The topological polar surface area (TPSA) is 34.4 Å². The molecule has 108 valence electrons. The van der Waals surface area contributed by atoms with E-state index in [0.29, 0.717) is 0 Å². The summed E-state index contributed by atoms with van der Waals surface area (Å²) in [6.07, 6.45) is 3.61. The third-order valence-corrected chi connectivity index (χ3v) is 4.11. The van der Waals surface area contributed by atoms with Crippen molar-refractivity contribution in [1.82, 2.24) is 9.38 Å². The van der Waals surface area contributed by atoms with Crippen molar-refractivity contribution >= 4 is 27.2 Å². The van der Waals surface area contributed by atoms with Gasteiger partial charge < -0.3 is 0 Å². The monoisotopic (exact) mass is 288 g/mol. The van der Waals surface area contributed by atoms with Crippen LogP contribution in [0.2, 0.25) is 0 Å². The zero-order valence-corrected chi connectivity index (χ0v) is 12.4. The highest BCUT2D eigenvalue weighted by molar-refractivity contribution is 6.07. The van der Waals surface area contributed by atoms with Crippen molar-refractivity contribution in [3.8, 4) is 0 Å². The van der Waals surface area contributed by atoms with Crippen molar-refractivity contribution in [2.75, 3.05) is 0 Å². The fourth-order valence-electron chi connectivity index (χ4n) is 3.12. The highest BCUT2D eigenvalue weighted by atomic mass is 16.1. The molecule has 0 spiro atoms. The van der Waals surface area contributed by atoms with Gasteiger partial charge in [0.1, 0.15) is 0 Å². The maximum Gasteiger partial charge on any atom is 0.264 e. The highest BCUT2D eigenvalue weighted by Gasteiger charge is 2.13. The summed E-state index contributed by atoms with van der Waals surface area (Å²) in [5, 5.41) is 2.80. The van der Waals surface area contributed by atoms with Crippen LogP contribution in [0.3, 0.4) is 0 Å². The lowest BCUT2D eigenvalue weighted by atomic mass is 10.0. The Morgan fingerprint density at radius 3 is 2.73 bits per heavy atom. The zero-order valence-electron chi connectivity index (χ0n) is 12.4. The third kappa shape index (κ3) is 1.82. The molecule has 0 amide bonds. The van der Waals surface area contributed by atoms with E-state index in [1.54, 1.807) is 4.40 Å². The number of nitrogens with zero attached hydrogens (tertiary/aromatic N) is 2. The molecule has 0 N–H and O–H groups in total. The van der Waals surface area contributed by atoms with E-state index >= 15 is 0 Å². The van der Waals surface area contributed by atoms with E-state index in [9.17, 15) is 4.79 Å². The Hall–Kier alpha value is -2.68. The lowest BCUT2D eigenvalue weighted by Gasteiger charge is -2.10. The number of para-hydroxylation sites is 1. The van der Waals surface area contributed by atoms with Gasteiger partial charge in [0.05, 0.1) is 16.6 Å². The molecular weight excluding hydrogens is 272 g/mol. The molecule has 4 aromatic rings. The van der Waals surface area contributed by atoms with Gasteiger partial charge in [-0.25, -0.2) is 0 Å². The molecular formula is C19H16N2O. The average molecular weight is 288 g/mol. The van der Waals surface area contributed by atoms with Crippen molar-refractivity contribution in [3.63, 3.8) is 0 Å². The molecule has 0 aliphatic carbocycles. The van der Waals surface area contributed by atoms with Crippen LogP contribution in [-0.4, -0.2) is 9.38 Å². The molecule has 3 aromatic heterocycles. The Morgan fingerprint density at radius 2 is 1.86 bits per heavy atom. The molecule has 0 saturated heterocycles. The van der Waals surface area contributed by atoms with Crippen molar-refractivity contribution in [1.29, 1.82) is 0 Å². The van der Waals surface area contributed by atoms with Crippen LogP contribution in [0.15, 0.2) is 59.5 Å². The first-order valence-electron chi connectivity index (χ1n) is 7.61. The quantitative estimate of drug-likeness (QED) is 0.413. The number of hydrogen-bond donors (Lipinski definition) is 0. The van der Waals surface area contributed by atoms with Gasteiger partial charge in [-0.15, -0.1) is 0 Å². The Balaban J connectivity index is 2.30. The minimum absolute atomic E-state index is 0.0230. The normalized spacial score (nSPS) is 11.5. The number of rotatable bonds is 2. The lowest BCUT2D eigenvalue weighted by molar-refractivity contribution is 0.896. The molecule has 0 fully saturated rings. The Morgan fingerprint density at radius 1 is 1.05 bits per heavy atom. The number of hydrogen-bond acceptors (Lipinski definition) is 2. The molecule has 0 aliphatic heterocycles. The van der Waals surface area contributed by atoms with E-state index < -0.39 is 0 Å². The van der Waals surface area contributed by atoms with E-state index in [1.165, 1.54) is 0 Å². The minimum atomic E-state index is 0.0230. The largest absolute Gasteiger partial charge is 0.284 e. The van der Waals surface area contributed by atoms with Gasteiger partial charge in [-0.05, 0) is 30.7 Å². The van der Waals surface area contributed by atoms with Crippen LogP contribution in [0.25, 0.3) is 27.2 Å². The number of aryl methyl sites for hydroxylation is 1. The first kappa shape index (κ1) is 13.0. The predicted molar refractivity (Wildman–Crippen MR) is 90.5 cm³/mol. The Bertz CT molecular complexity index is 1060. The molecule has 22 heavy (non-hydrogen) atoms. The Kier molecular flexibility index (Phi) is 2.93. The summed E-state index contributed by atoms with van der Waals surface area (Å²) >= 11 is 0. The van der Waals surface area contributed by atoms with Gasteiger partial charge in [-0.2, -0.15) is 0 Å². The van der Waals surface area contributed by atoms with Gasteiger partial charge in [-0.1, -0.05) is 37.6 Å². The maximum absolute atomic E-state index is 13.0. The summed E-state index contributed by atoms with van der Waals surface area (Å²) in [5.41, 5.74) is 2.80. The van der Waals surface area contributed by atoms with Gasteiger partial charge in [0, 0.05) is 22.5 Å². The van der Waals surface area contributed by atoms with Gasteiger partial charge in [0.25, 0.3) is 5.56 Å². The van der Waals surface area contributed by atoms with Crippen LogP contribution in [0, 0.1) is 0 Å². The van der Waals surface area contributed by atoms with Crippen LogP contribution < -0.4 is 5.56 Å². The summed E-state index contributed by atoms with van der Waals surface area (Å²) in [6, 6.07) is 15.9. The number of benzene rings is 1. The number of aromatic nitrogens is 2. The summed E-state index contributed by atoms with van der Waals surface area (Å²) in [4.78, 5) is 17.7. The van der Waals surface area contributed by atoms with Gasteiger partial charge in [-0.3, -0.25) is 14.2 Å². The zero-order chi connectivity index (χ0) is 15.1. The van der Waals surface area contributed by atoms with Crippen LogP contribution in [0.5, 0.6) is 0 Å². The molecule has 0 aliphatic rings. The predicted octanol–water partition coefficient (Wildman–Crippen LogP) is 3.95. The Labute approximate surface area is 127 Å². The molecule has 3 nitrogen and oxygen atoms in total. The van der Waals surface area contributed by atoms with Crippen molar-refractivity contribution in [2.45, 2.75) is 19.8 Å². The summed E-state index contributed by atoms with van der Waals surface area (Å²) in [5.74, 6) is 0. The molecule has 4 rings (SSSR count). The molecule has 3 heterocycles. The van der Waals surface area contributed by atoms with Gasteiger partial charge in [0.15, 0.2) is 0 Å². The first-order valence-corrected chi connectivity index (χ1v) is 7.61. The van der Waals surface area contributed by atoms with E-state index in [-0.39, 0.29) is 5.56 Å². The summed E-state index contributed by atoms with van der Waals surface area (Å²) in [7, 11) is 0. The molecule has 0 atom stereocenters. The van der Waals surface area contributed by atoms with Crippen LogP contribution in [0.4, 0.5) is 0 Å². The smallest absolute Gasteiger partial charge is 0.264 e. The van der Waals surface area contributed by atoms with Crippen LogP contribution in [-0.2, 0) is 6.42 Å². The highest BCUT2D eigenvalue weighted by Crippen LogP contribution is 2.26. The second-order valence-corrected chi connectivity index (χ2v) is 5.56. The third-order valence-electron chi connectivity index (χ3n) is 4.11. The number of pyridine rings is 3. The summed E-state index contributed by atoms with van der Waals surface area (Å²) < 4.78 is 1.71. The standard InChI is InChI=1S/C19H16N2O/c1-2-7-17-18-15(14-9-3-4-10-16(14)20-17)12-13-8-5-6-11-21(13)19(18)22/h3-6,8-12H,2,7H2,1H3. The van der Waals surface area contributed by atoms with E-state index in [2.05, 4.69) is 13.0 Å². The SMILES string of the molecule is CCCc1nc2ccccc2c2cc3ccccn3c(=O)c12. The summed E-state index contributed by atoms with van der Waals surface area (Å²) in [6.45, 7) is 2.11. The molecule has 1 aromatic carbocycles. The fourth-order valence-corrected chi connectivity index (χ4v) is 3.12. The fraction of sp³-hybridized carbons (Fsp3) is 0.158. The van der Waals surface area contributed by atoms with Crippen molar-refractivity contribution in [3.05, 3.63) is 70.8 Å². The molecule has 0 radical (unpaired) electrons. The number of fused-ring (bicyclic) bond motifs is 4. The van der Waals surface area contributed by atoms with Gasteiger partial charge >= 0.3 is 0 Å². The van der Waals surface area contributed by atoms with Crippen LogP contribution >= 0.6 is 0 Å². The van der Waals surface area contributed by atoms with Gasteiger partial charge in [0.2, 0.25) is 0 Å². The minimum Gasteiger partial charge on any atom is -0.284 e. The second kappa shape index (κ2) is 4.95.